The molecule has 0 atom stereocenters. The molecule has 6 heteroatoms. The van der Waals surface area contributed by atoms with E-state index in [0.29, 0.717) is 16.9 Å². The van der Waals surface area contributed by atoms with Crippen molar-refractivity contribution in [3.63, 3.8) is 0 Å². The van der Waals surface area contributed by atoms with Crippen molar-refractivity contribution in [1.29, 1.82) is 5.26 Å². The zero-order chi connectivity index (χ0) is 38.2. The van der Waals surface area contributed by atoms with Gasteiger partial charge in [0.05, 0.1) is 63.2 Å². The van der Waals surface area contributed by atoms with Gasteiger partial charge in [0.2, 0.25) is 5.69 Å². The molecule has 11 rings (SSSR count). The fourth-order valence-electron chi connectivity index (χ4n) is 8.98. The summed E-state index contributed by atoms with van der Waals surface area (Å²) in [6, 6.07) is 60.1. The van der Waals surface area contributed by atoms with Gasteiger partial charge in [0.1, 0.15) is 6.07 Å². The standard InChI is InChI=1S/C51H28N6/c1-53-33-25-27-48-41(29-33)37-16-5-10-24-47(37)57(48)51-40(19-12-20-43(51)54-2)39-18-11-13-32(31-52)50(39)56-46-23-9-6-17-38(46)42-30-34(26-28-49(42)56)55-44-21-7-3-14-35(44)36-15-4-8-22-45(36)55/h3-30H. The first-order valence-electron chi connectivity index (χ1n) is 18.7. The Bertz CT molecular complexity index is 3580. The predicted molar refractivity (Wildman–Crippen MR) is 232 cm³/mol. The topological polar surface area (TPSA) is 47.3 Å². The Kier molecular flexibility index (Phi) is 6.95. The van der Waals surface area contributed by atoms with Gasteiger partial charge in [0.25, 0.3) is 0 Å². The Morgan fingerprint density at radius 1 is 0.404 bits per heavy atom. The summed E-state index contributed by atoms with van der Waals surface area (Å²) in [5.41, 5.74) is 11.8. The number of aromatic nitrogens is 3. The van der Waals surface area contributed by atoms with Gasteiger partial charge in [-0.1, -0.05) is 109 Å². The minimum atomic E-state index is 0.482. The van der Waals surface area contributed by atoms with Crippen molar-refractivity contribution in [3.05, 3.63) is 198 Å². The molecule has 11 aromatic rings. The Balaban J connectivity index is 1.22. The SMILES string of the molecule is [C-]#[N+]c1ccc2c(c1)c1ccccc1n2-c1c([N+]#[C-])cccc1-c1cccc(C#N)c1-n1c2ccccc2c2cc(-n3c4ccccc4c4ccccc43)ccc21. The lowest BCUT2D eigenvalue weighted by molar-refractivity contribution is 1.15. The quantitative estimate of drug-likeness (QED) is 0.167. The van der Waals surface area contributed by atoms with Crippen LogP contribution in [0.2, 0.25) is 0 Å². The van der Waals surface area contributed by atoms with E-state index in [-0.39, 0.29) is 0 Å². The third-order valence-corrected chi connectivity index (χ3v) is 11.3. The number of fused-ring (bicyclic) bond motifs is 9. The van der Waals surface area contributed by atoms with E-state index < -0.39 is 0 Å². The summed E-state index contributed by atoms with van der Waals surface area (Å²) in [6.07, 6.45) is 0. The maximum atomic E-state index is 10.8. The van der Waals surface area contributed by atoms with Crippen LogP contribution in [0.1, 0.15) is 5.56 Å². The highest BCUT2D eigenvalue weighted by molar-refractivity contribution is 6.14. The molecule has 0 aliphatic carbocycles. The highest BCUT2D eigenvalue weighted by Crippen LogP contribution is 2.45. The molecule has 0 radical (unpaired) electrons. The normalized spacial score (nSPS) is 11.5. The number of rotatable bonds is 4. The summed E-state index contributed by atoms with van der Waals surface area (Å²) < 4.78 is 6.70. The average Bonchev–Trinajstić information content (AvgIpc) is 3.91. The molecular weight excluding hydrogens is 697 g/mol. The van der Waals surface area contributed by atoms with Crippen molar-refractivity contribution >= 4 is 76.8 Å². The molecule has 0 N–H and O–H groups in total. The van der Waals surface area contributed by atoms with Gasteiger partial charge < -0.3 is 13.7 Å². The van der Waals surface area contributed by atoms with Crippen LogP contribution in [0.25, 0.3) is 103 Å². The molecule has 0 fully saturated rings. The molecule has 3 aromatic heterocycles. The molecule has 6 nitrogen and oxygen atoms in total. The van der Waals surface area contributed by atoms with Crippen LogP contribution in [0, 0.1) is 24.5 Å². The first-order valence-corrected chi connectivity index (χ1v) is 18.7. The Morgan fingerprint density at radius 3 is 1.46 bits per heavy atom. The molecule has 0 bridgehead atoms. The van der Waals surface area contributed by atoms with E-state index in [4.69, 9.17) is 13.1 Å². The second-order valence-corrected chi connectivity index (χ2v) is 14.2. The summed E-state index contributed by atoms with van der Waals surface area (Å²) >= 11 is 0. The first kappa shape index (κ1) is 32.1. The van der Waals surface area contributed by atoms with Crippen LogP contribution < -0.4 is 0 Å². The zero-order valence-electron chi connectivity index (χ0n) is 30.3. The minimum Gasteiger partial charge on any atom is -0.318 e. The van der Waals surface area contributed by atoms with Gasteiger partial charge >= 0.3 is 0 Å². The van der Waals surface area contributed by atoms with Crippen molar-refractivity contribution < 1.29 is 0 Å². The highest BCUT2D eigenvalue weighted by atomic mass is 15.0. The molecular formula is C51H28N6. The third-order valence-electron chi connectivity index (χ3n) is 11.3. The van der Waals surface area contributed by atoms with Crippen molar-refractivity contribution in [2.75, 3.05) is 0 Å². The molecule has 0 aliphatic rings. The van der Waals surface area contributed by atoms with E-state index in [9.17, 15) is 5.26 Å². The molecule has 0 saturated heterocycles. The smallest absolute Gasteiger partial charge is 0.211 e. The second-order valence-electron chi connectivity index (χ2n) is 14.2. The predicted octanol–water partition coefficient (Wildman–Crippen LogP) is 13.6. The number of nitrogens with zero attached hydrogens (tertiary/aromatic N) is 6. The molecule has 0 unspecified atom stereocenters. The van der Waals surface area contributed by atoms with E-state index in [1.165, 1.54) is 10.8 Å². The van der Waals surface area contributed by atoms with Crippen LogP contribution >= 0.6 is 0 Å². The van der Waals surface area contributed by atoms with E-state index >= 15 is 0 Å². The largest absolute Gasteiger partial charge is 0.318 e. The lowest BCUT2D eigenvalue weighted by Gasteiger charge is -2.20. The second kappa shape index (κ2) is 12.3. The van der Waals surface area contributed by atoms with E-state index in [1.54, 1.807) is 0 Å². The summed E-state index contributed by atoms with van der Waals surface area (Å²) in [5.74, 6) is 0. The van der Waals surface area contributed by atoms with Crippen LogP contribution in [0.15, 0.2) is 170 Å². The van der Waals surface area contributed by atoms with Gasteiger partial charge in [0, 0.05) is 38.2 Å². The molecule has 0 amide bonds. The van der Waals surface area contributed by atoms with Crippen LogP contribution in [0.5, 0.6) is 0 Å². The Morgan fingerprint density at radius 2 is 0.877 bits per heavy atom. The van der Waals surface area contributed by atoms with Gasteiger partial charge in [-0.3, -0.25) is 0 Å². The molecule has 0 spiro atoms. The molecule has 0 aliphatic heterocycles. The summed E-state index contributed by atoms with van der Waals surface area (Å²) in [5, 5.41) is 17.3. The summed E-state index contributed by atoms with van der Waals surface area (Å²) in [7, 11) is 0. The van der Waals surface area contributed by atoms with E-state index in [1.807, 2.05) is 66.7 Å². The monoisotopic (exact) mass is 724 g/mol. The molecule has 0 saturated carbocycles. The number of hydrogen-bond donors (Lipinski definition) is 0. The van der Waals surface area contributed by atoms with Crippen LogP contribution in [-0.4, -0.2) is 13.7 Å². The molecule has 57 heavy (non-hydrogen) atoms. The highest BCUT2D eigenvalue weighted by Gasteiger charge is 2.24. The molecule has 262 valence electrons. The van der Waals surface area contributed by atoms with Crippen LogP contribution in [0.4, 0.5) is 11.4 Å². The van der Waals surface area contributed by atoms with Crippen LogP contribution in [0.3, 0.4) is 0 Å². The van der Waals surface area contributed by atoms with Crippen molar-refractivity contribution in [2.45, 2.75) is 0 Å². The zero-order valence-corrected chi connectivity index (χ0v) is 30.3. The fraction of sp³-hybridized carbons (Fsp3) is 0. The number of hydrogen-bond acceptors (Lipinski definition) is 1. The Labute approximate surface area is 327 Å². The number of benzene rings is 8. The van der Waals surface area contributed by atoms with Crippen molar-refractivity contribution in [1.82, 2.24) is 13.7 Å². The van der Waals surface area contributed by atoms with Gasteiger partial charge in [-0.25, -0.2) is 9.69 Å². The van der Waals surface area contributed by atoms with Crippen LogP contribution in [-0.2, 0) is 0 Å². The fourth-order valence-corrected chi connectivity index (χ4v) is 8.98. The average molecular weight is 725 g/mol. The maximum Gasteiger partial charge on any atom is 0.211 e. The van der Waals surface area contributed by atoms with E-state index in [0.717, 1.165) is 82.8 Å². The summed E-state index contributed by atoms with van der Waals surface area (Å²) in [6.45, 7) is 16.1. The molecule has 3 heterocycles. The van der Waals surface area contributed by atoms with Crippen molar-refractivity contribution in [3.8, 4) is 34.3 Å². The third kappa shape index (κ3) is 4.55. The lowest BCUT2D eigenvalue weighted by atomic mass is 9.97. The summed E-state index contributed by atoms with van der Waals surface area (Å²) in [4.78, 5) is 7.80. The van der Waals surface area contributed by atoms with Gasteiger partial charge in [-0.15, -0.1) is 0 Å². The molecule has 8 aromatic carbocycles. The van der Waals surface area contributed by atoms with Crippen molar-refractivity contribution in [2.24, 2.45) is 0 Å². The number of nitriles is 1. The minimum absolute atomic E-state index is 0.482. The number of para-hydroxylation sites is 6. The maximum absolute atomic E-state index is 10.8. The van der Waals surface area contributed by atoms with Gasteiger partial charge in [-0.05, 0) is 71.6 Å². The van der Waals surface area contributed by atoms with Gasteiger partial charge in [-0.2, -0.15) is 5.26 Å². The van der Waals surface area contributed by atoms with E-state index in [2.05, 4.69) is 133 Å². The van der Waals surface area contributed by atoms with Gasteiger partial charge in [0.15, 0.2) is 5.69 Å². The Hall–Kier alpha value is -8.37. The first-order chi connectivity index (χ1) is 28.2. The lowest BCUT2D eigenvalue weighted by Crippen LogP contribution is -2.04.